The summed E-state index contributed by atoms with van der Waals surface area (Å²) in [5, 5.41) is 4.39. The lowest BCUT2D eigenvalue weighted by Crippen LogP contribution is -2.48. The third-order valence-electron chi connectivity index (χ3n) is 14.9. The zero-order chi connectivity index (χ0) is 33.3. The molecule has 0 aromatic rings. The number of hydrogen-bond donors (Lipinski definition) is 1. The summed E-state index contributed by atoms with van der Waals surface area (Å²) in [6.45, 7) is 0. The average molecular weight is 669 g/mol. The Morgan fingerprint density at radius 1 is 0.640 bits per heavy atom. The van der Waals surface area contributed by atoms with Crippen molar-refractivity contribution in [1.82, 2.24) is 10.2 Å². The lowest BCUT2D eigenvalue weighted by molar-refractivity contribution is 0.117. The van der Waals surface area contributed by atoms with E-state index >= 15 is 0 Å². The van der Waals surface area contributed by atoms with E-state index in [-0.39, 0.29) is 0 Å². The number of nitrogens with one attached hydrogen (secondary N) is 1. The molecule has 0 aromatic carbocycles. The zero-order valence-corrected chi connectivity index (χ0v) is 30.8. The first-order chi connectivity index (χ1) is 24.8. The van der Waals surface area contributed by atoms with Gasteiger partial charge in [0.15, 0.2) is 0 Å². The second-order valence-corrected chi connectivity index (χ2v) is 17.8. The normalized spacial score (nSPS) is 41.2. The highest BCUT2D eigenvalue weighted by Gasteiger charge is 2.44. The third kappa shape index (κ3) is 6.85. The molecule has 9 aliphatic rings. The average Bonchev–Trinajstić information content (AvgIpc) is 3.53. The van der Waals surface area contributed by atoms with Crippen LogP contribution in [0, 0.1) is 41.4 Å². The molecule has 50 heavy (non-hydrogen) atoms. The monoisotopic (exact) mass is 669 g/mol. The fourth-order valence-corrected chi connectivity index (χ4v) is 12.5. The van der Waals surface area contributed by atoms with Gasteiger partial charge in [-0.3, -0.25) is 0 Å². The van der Waals surface area contributed by atoms with Gasteiger partial charge in [0.1, 0.15) is 0 Å². The second kappa shape index (κ2) is 15.2. The Morgan fingerprint density at radius 3 is 2.38 bits per heavy atom. The zero-order valence-electron chi connectivity index (χ0n) is 30.8. The van der Waals surface area contributed by atoms with Crippen molar-refractivity contribution in [2.24, 2.45) is 41.4 Å². The molecule has 0 amide bonds. The van der Waals surface area contributed by atoms with Crippen LogP contribution in [0.3, 0.4) is 0 Å². The number of fused-ring (bicyclic) bond motifs is 2. The predicted octanol–water partition coefficient (Wildman–Crippen LogP) is 11.6. The van der Waals surface area contributed by atoms with Crippen molar-refractivity contribution in [3.05, 3.63) is 107 Å². The summed E-state index contributed by atoms with van der Waals surface area (Å²) >= 11 is 0. The Balaban J connectivity index is 0.917. The van der Waals surface area contributed by atoms with E-state index in [0.717, 1.165) is 23.7 Å². The SMILES string of the molecule is C1=CC(NC2CC(C3C=CCCC3)CC(C3CC=CCC3)C2)C(C2C=C(C3=CCC4C5=C(CCC=C5)N(C5C=CCCC5)C4C3)CCC2)C=C1. The van der Waals surface area contributed by atoms with E-state index in [0.29, 0.717) is 41.9 Å². The molecule has 1 aliphatic heterocycles. The molecule has 0 radical (unpaired) electrons. The van der Waals surface area contributed by atoms with E-state index in [2.05, 4.69) is 95.3 Å². The van der Waals surface area contributed by atoms with Gasteiger partial charge in [0.25, 0.3) is 0 Å². The molecule has 0 bridgehead atoms. The van der Waals surface area contributed by atoms with Crippen molar-refractivity contribution >= 4 is 0 Å². The molecule has 2 heteroatoms. The predicted molar refractivity (Wildman–Crippen MR) is 210 cm³/mol. The molecule has 0 saturated heterocycles. The topological polar surface area (TPSA) is 15.3 Å². The quantitative estimate of drug-likeness (QED) is 0.272. The third-order valence-corrected chi connectivity index (χ3v) is 14.9. The summed E-state index contributed by atoms with van der Waals surface area (Å²) in [6, 6.07) is 2.35. The molecule has 266 valence electrons. The molecular weight excluding hydrogens is 605 g/mol. The smallest absolute Gasteiger partial charge is 0.0473 e. The summed E-state index contributed by atoms with van der Waals surface area (Å²) in [7, 11) is 0. The summed E-state index contributed by atoms with van der Waals surface area (Å²) in [6.07, 6.45) is 60.5. The Labute approximate surface area is 304 Å². The lowest BCUT2D eigenvalue weighted by Gasteiger charge is -2.44. The van der Waals surface area contributed by atoms with Crippen LogP contribution in [-0.2, 0) is 0 Å². The van der Waals surface area contributed by atoms with Crippen molar-refractivity contribution < 1.29 is 0 Å². The molecule has 8 aliphatic carbocycles. The molecule has 2 nitrogen and oxygen atoms in total. The van der Waals surface area contributed by atoms with Gasteiger partial charge in [-0.1, -0.05) is 85.1 Å². The van der Waals surface area contributed by atoms with E-state index < -0.39 is 0 Å². The largest absolute Gasteiger partial charge is 0.364 e. The van der Waals surface area contributed by atoms with Crippen LogP contribution in [0.25, 0.3) is 0 Å². The van der Waals surface area contributed by atoms with Gasteiger partial charge in [0, 0.05) is 41.7 Å². The van der Waals surface area contributed by atoms with Gasteiger partial charge in [-0.2, -0.15) is 0 Å². The number of hydrogen-bond acceptors (Lipinski definition) is 2. The van der Waals surface area contributed by atoms with Crippen LogP contribution in [-0.4, -0.2) is 29.1 Å². The fourth-order valence-electron chi connectivity index (χ4n) is 12.5. The number of nitrogens with zero attached hydrogens (tertiary/aromatic N) is 1. The first-order valence-electron chi connectivity index (χ1n) is 21.5. The van der Waals surface area contributed by atoms with Crippen LogP contribution in [0.15, 0.2) is 107 Å². The Hall–Kier alpha value is -2.58. The molecule has 11 atom stereocenters. The van der Waals surface area contributed by atoms with Crippen LogP contribution >= 0.6 is 0 Å². The van der Waals surface area contributed by atoms with Crippen molar-refractivity contribution in [2.75, 3.05) is 0 Å². The lowest BCUT2D eigenvalue weighted by atomic mass is 9.65. The van der Waals surface area contributed by atoms with Crippen LogP contribution in [0.1, 0.15) is 122 Å². The molecule has 9 rings (SSSR count). The molecule has 11 unspecified atom stereocenters. The molecule has 1 saturated carbocycles. The Morgan fingerprint density at radius 2 is 1.52 bits per heavy atom. The van der Waals surface area contributed by atoms with Gasteiger partial charge in [-0.15, -0.1) is 0 Å². The molecule has 1 N–H and O–H groups in total. The summed E-state index contributed by atoms with van der Waals surface area (Å²) in [4.78, 5) is 2.94. The highest BCUT2D eigenvalue weighted by atomic mass is 15.2. The fraction of sp³-hybridized carbons (Fsp3) is 0.625. The van der Waals surface area contributed by atoms with E-state index in [1.54, 1.807) is 22.4 Å². The number of allylic oxidation sites excluding steroid dienone is 13. The summed E-state index contributed by atoms with van der Waals surface area (Å²) in [5.74, 6) is 5.32. The van der Waals surface area contributed by atoms with Crippen LogP contribution in [0.4, 0.5) is 0 Å². The summed E-state index contributed by atoms with van der Waals surface area (Å²) in [5.41, 5.74) is 6.78. The number of rotatable bonds is 7. The maximum Gasteiger partial charge on any atom is 0.0473 e. The molecule has 0 aromatic heterocycles. The molecular formula is C48H64N2. The first kappa shape index (κ1) is 33.3. The molecule has 1 fully saturated rings. The Bertz CT molecular complexity index is 1510. The summed E-state index contributed by atoms with van der Waals surface area (Å²) < 4.78 is 0. The van der Waals surface area contributed by atoms with Gasteiger partial charge >= 0.3 is 0 Å². The van der Waals surface area contributed by atoms with E-state index in [4.69, 9.17) is 0 Å². The maximum absolute atomic E-state index is 4.39. The maximum atomic E-state index is 4.39. The molecule has 0 spiro atoms. The minimum Gasteiger partial charge on any atom is -0.364 e. The standard InChI is InChI=1S/C48H64N2/c1-4-15-34(16-5-1)39-30-40(35-17-6-2-7-18-35)32-41(31-39)49-46-25-12-10-23-43(46)38-20-14-19-36(29-38)37-27-28-45-44-24-11-13-26-47(44)50(48(45)33-37)42-21-8-3-9-22-42/h1,4,6,8,10-12,17,21,23-25,27,29,34-35,38-43,45-46,48-49H,2-3,5,7,9,13-16,18-20,22,26,28,30-33H2. The van der Waals surface area contributed by atoms with Crippen molar-refractivity contribution in [3.63, 3.8) is 0 Å². The minimum absolute atomic E-state index is 0.453. The van der Waals surface area contributed by atoms with Crippen molar-refractivity contribution in [3.8, 4) is 0 Å². The van der Waals surface area contributed by atoms with Gasteiger partial charge in [-0.25, -0.2) is 0 Å². The highest BCUT2D eigenvalue weighted by Crippen LogP contribution is 2.50. The van der Waals surface area contributed by atoms with Gasteiger partial charge in [-0.05, 0) is 168 Å². The van der Waals surface area contributed by atoms with Crippen LogP contribution < -0.4 is 5.32 Å². The Kier molecular flexibility index (Phi) is 10.1. The van der Waals surface area contributed by atoms with Crippen LogP contribution in [0.2, 0.25) is 0 Å². The van der Waals surface area contributed by atoms with E-state index in [1.165, 1.54) is 122 Å². The molecule has 1 heterocycles. The minimum atomic E-state index is 0.453. The van der Waals surface area contributed by atoms with Crippen LogP contribution in [0.5, 0.6) is 0 Å². The van der Waals surface area contributed by atoms with Gasteiger partial charge in [0.05, 0.1) is 0 Å². The van der Waals surface area contributed by atoms with Crippen molar-refractivity contribution in [2.45, 2.75) is 146 Å². The van der Waals surface area contributed by atoms with E-state index in [1.807, 2.05) is 0 Å². The van der Waals surface area contributed by atoms with Crippen molar-refractivity contribution in [1.29, 1.82) is 0 Å². The van der Waals surface area contributed by atoms with E-state index in [9.17, 15) is 0 Å². The first-order valence-corrected chi connectivity index (χ1v) is 21.5. The van der Waals surface area contributed by atoms with Gasteiger partial charge < -0.3 is 10.2 Å². The highest BCUT2D eigenvalue weighted by molar-refractivity contribution is 5.44. The van der Waals surface area contributed by atoms with Gasteiger partial charge in [0.2, 0.25) is 0 Å². The second-order valence-electron chi connectivity index (χ2n) is 17.8.